The van der Waals surface area contributed by atoms with Gasteiger partial charge in [0.15, 0.2) is 0 Å². The maximum Gasteiger partial charge on any atom is 0.261 e. The highest BCUT2D eigenvalue weighted by Crippen LogP contribution is 2.37. The highest BCUT2D eigenvalue weighted by atomic mass is 28.4. The van der Waals surface area contributed by atoms with Gasteiger partial charge in [0.2, 0.25) is 0 Å². The molecule has 0 amide bonds. The van der Waals surface area contributed by atoms with Gasteiger partial charge in [-0.3, -0.25) is 0 Å². The Morgan fingerprint density at radius 2 is 1.38 bits per heavy atom. The van der Waals surface area contributed by atoms with E-state index in [0.717, 1.165) is 0 Å². The normalized spacial score (nSPS) is 14.8. The van der Waals surface area contributed by atoms with Crippen LogP contribution in [0.25, 0.3) is 0 Å². The van der Waals surface area contributed by atoms with Crippen molar-refractivity contribution in [3.8, 4) is 0 Å². The second-order valence-corrected chi connectivity index (χ2v) is 12.5. The molecule has 0 fully saturated rings. The minimum Gasteiger partial charge on any atom is -0.407 e. The van der Waals surface area contributed by atoms with Gasteiger partial charge in [0.05, 0.1) is 12.7 Å². The first-order valence-electron chi connectivity index (χ1n) is 9.35. The van der Waals surface area contributed by atoms with Crippen LogP contribution in [-0.4, -0.2) is 37.8 Å². The van der Waals surface area contributed by atoms with E-state index in [4.69, 9.17) is 9.53 Å². The van der Waals surface area contributed by atoms with Gasteiger partial charge in [0, 0.05) is 6.61 Å². The van der Waals surface area contributed by atoms with Crippen molar-refractivity contribution < 1.29 is 14.6 Å². The lowest BCUT2D eigenvalue weighted by atomic mass is 10.1. The fourth-order valence-electron chi connectivity index (χ4n) is 3.64. The van der Waals surface area contributed by atoms with Gasteiger partial charge < -0.3 is 14.6 Å². The summed E-state index contributed by atoms with van der Waals surface area (Å²) in [6.45, 7) is 9.19. The van der Waals surface area contributed by atoms with Crippen LogP contribution in [-0.2, 0) is 4.43 Å². The molecule has 2 aromatic rings. The molecule has 0 aromatic heterocycles. The third kappa shape index (κ3) is 4.63. The van der Waals surface area contributed by atoms with E-state index >= 15 is 0 Å². The van der Waals surface area contributed by atoms with E-state index in [2.05, 4.69) is 76.2 Å². The number of benzene rings is 2. The third-order valence-corrected chi connectivity index (χ3v) is 9.89. The maximum atomic E-state index is 9.76. The van der Waals surface area contributed by atoms with E-state index in [0.29, 0.717) is 13.0 Å². The van der Waals surface area contributed by atoms with Crippen LogP contribution in [0.1, 0.15) is 34.1 Å². The van der Waals surface area contributed by atoms with Crippen LogP contribution in [0.3, 0.4) is 0 Å². The molecule has 0 heterocycles. The zero-order valence-electron chi connectivity index (χ0n) is 16.4. The van der Waals surface area contributed by atoms with E-state index in [1.807, 2.05) is 12.1 Å². The molecule has 0 saturated carbocycles. The van der Waals surface area contributed by atoms with E-state index in [-0.39, 0.29) is 17.6 Å². The zero-order valence-corrected chi connectivity index (χ0v) is 17.4. The predicted molar refractivity (Wildman–Crippen MR) is 110 cm³/mol. The second-order valence-electron chi connectivity index (χ2n) is 8.15. The molecule has 2 rings (SSSR count). The molecule has 4 heteroatoms. The monoisotopic (exact) mass is 372 g/mol. The van der Waals surface area contributed by atoms with Crippen LogP contribution in [0.15, 0.2) is 60.7 Å². The summed E-state index contributed by atoms with van der Waals surface area (Å²) in [5, 5.41) is 21.3. The van der Waals surface area contributed by atoms with Gasteiger partial charge >= 0.3 is 0 Å². The summed E-state index contributed by atoms with van der Waals surface area (Å²) in [6.07, 6.45) is -0.151. The molecule has 0 radical (unpaired) electrons. The van der Waals surface area contributed by atoms with Crippen molar-refractivity contribution in [2.24, 2.45) is 5.92 Å². The minimum atomic E-state index is -2.52. The number of aliphatic hydroxyl groups excluding tert-OH is 2. The molecule has 0 unspecified atom stereocenters. The van der Waals surface area contributed by atoms with E-state index < -0.39 is 14.4 Å². The van der Waals surface area contributed by atoms with Crippen LogP contribution >= 0.6 is 0 Å². The molecule has 3 nitrogen and oxygen atoms in total. The number of hydrogen-bond donors (Lipinski definition) is 2. The van der Waals surface area contributed by atoms with Gasteiger partial charge in [-0.15, -0.1) is 0 Å². The van der Waals surface area contributed by atoms with Gasteiger partial charge in [-0.1, -0.05) is 88.4 Å². The molecule has 2 aromatic carbocycles. The lowest BCUT2D eigenvalue weighted by molar-refractivity contribution is 0.0675. The quantitative estimate of drug-likeness (QED) is 0.701. The second kappa shape index (κ2) is 8.96. The molecule has 26 heavy (non-hydrogen) atoms. The van der Waals surface area contributed by atoms with Gasteiger partial charge in [-0.05, 0) is 27.8 Å². The zero-order chi connectivity index (χ0) is 19.2. The molecular weight excluding hydrogens is 340 g/mol. The molecule has 0 spiro atoms. The van der Waals surface area contributed by atoms with Gasteiger partial charge in [0.1, 0.15) is 0 Å². The van der Waals surface area contributed by atoms with Gasteiger partial charge in [-0.25, -0.2) is 0 Å². The Morgan fingerprint density at radius 1 is 0.923 bits per heavy atom. The maximum absolute atomic E-state index is 9.76. The predicted octanol–water partition coefficient (Wildman–Crippen LogP) is 2.94. The Labute approximate surface area is 158 Å². The van der Waals surface area contributed by atoms with Gasteiger partial charge in [0.25, 0.3) is 8.32 Å². The molecule has 0 saturated heterocycles. The van der Waals surface area contributed by atoms with E-state index in [1.165, 1.54) is 10.4 Å². The first kappa shape index (κ1) is 20.8. The molecular formula is C22H32O3Si. The smallest absolute Gasteiger partial charge is 0.261 e. The lowest BCUT2D eigenvalue weighted by Gasteiger charge is -2.43. The van der Waals surface area contributed by atoms with Crippen molar-refractivity contribution >= 4 is 18.7 Å². The average Bonchev–Trinajstić information content (AvgIpc) is 2.62. The van der Waals surface area contributed by atoms with Crippen LogP contribution < -0.4 is 10.4 Å². The van der Waals surface area contributed by atoms with E-state index in [1.54, 1.807) is 0 Å². The fourth-order valence-corrected chi connectivity index (χ4v) is 8.33. The van der Waals surface area contributed by atoms with Crippen molar-refractivity contribution in [2.75, 3.05) is 13.2 Å². The molecule has 0 aliphatic carbocycles. The summed E-state index contributed by atoms with van der Waals surface area (Å²) in [6, 6.07) is 21.1. The van der Waals surface area contributed by atoms with Crippen molar-refractivity contribution in [2.45, 2.75) is 45.3 Å². The minimum absolute atomic E-state index is 0.0506. The lowest BCUT2D eigenvalue weighted by Crippen LogP contribution is -2.66. The summed E-state index contributed by atoms with van der Waals surface area (Å²) in [4.78, 5) is 0. The average molecular weight is 373 g/mol. The van der Waals surface area contributed by atoms with E-state index in [9.17, 15) is 5.11 Å². The topological polar surface area (TPSA) is 49.7 Å². The Kier molecular flexibility index (Phi) is 7.18. The van der Waals surface area contributed by atoms with Gasteiger partial charge in [-0.2, -0.15) is 0 Å². The van der Waals surface area contributed by atoms with Crippen LogP contribution in [0.2, 0.25) is 5.04 Å². The third-order valence-electron chi connectivity index (χ3n) is 4.89. The SMILES string of the molecule is C[C@H](CO[Si](c1ccccc1)(c1ccccc1)C(C)(C)C)C[C@H](O)CO. The Balaban J connectivity index is 2.44. The van der Waals surface area contributed by atoms with Crippen LogP contribution in [0.4, 0.5) is 0 Å². The summed E-state index contributed by atoms with van der Waals surface area (Å²) in [7, 11) is -2.52. The number of aliphatic hydroxyl groups is 2. The largest absolute Gasteiger partial charge is 0.407 e. The van der Waals surface area contributed by atoms with Crippen LogP contribution in [0.5, 0.6) is 0 Å². The highest BCUT2D eigenvalue weighted by molar-refractivity contribution is 6.99. The molecule has 2 N–H and O–H groups in total. The molecule has 2 atom stereocenters. The summed E-state index contributed by atoms with van der Waals surface area (Å²) in [5.74, 6) is 0.166. The van der Waals surface area contributed by atoms with Crippen molar-refractivity contribution in [3.05, 3.63) is 60.7 Å². The molecule has 0 aliphatic rings. The number of rotatable bonds is 8. The Hall–Kier alpha value is -1.46. The highest BCUT2D eigenvalue weighted by Gasteiger charge is 2.50. The first-order chi connectivity index (χ1) is 12.3. The molecule has 0 bridgehead atoms. The Bertz CT molecular complexity index is 613. The standard InChI is InChI=1S/C22H32O3Si/c1-18(15-19(24)16-23)17-25-26(22(2,3)4,20-11-7-5-8-12-20)21-13-9-6-10-14-21/h5-14,18-19,23-24H,15-17H2,1-4H3/t18-,19-/m0/s1. The molecule has 142 valence electrons. The Morgan fingerprint density at radius 3 is 1.77 bits per heavy atom. The van der Waals surface area contributed by atoms with Crippen LogP contribution in [0, 0.1) is 5.92 Å². The van der Waals surface area contributed by atoms with Crippen molar-refractivity contribution in [1.82, 2.24) is 0 Å². The summed E-state index contributed by atoms with van der Waals surface area (Å²) in [5.41, 5.74) is 0. The fraction of sp³-hybridized carbons (Fsp3) is 0.455. The first-order valence-corrected chi connectivity index (χ1v) is 11.3. The van der Waals surface area contributed by atoms with Crippen molar-refractivity contribution in [3.63, 3.8) is 0 Å². The van der Waals surface area contributed by atoms with Crippen molar-refractivity contribution in [1.29, 1.82) is 0 Å². The number of hydrogen-bond acceptors (Lipinski definition) is 3. The summed E-state index contributed by atoms with van der Waals surface area (Å²) >= 11 is 0. The molecule has 0 aliphatic heterocycles. The summed E-state index contributed by atoms with van der Waals surface area (Å²) < 4.78 is 6.82.